The largest absolute Gasteiger partial charge is 0.295 e. The number of ketones is 1. The van der Waals surface area contributed by atoms with E-state index in [1.807, 2.05) is 12.1 Å². The fraction of sp³-hybridized carbons (Fsp3) is 0.500. The highest BCUT2D eigenvalue weighted by molar-refractivity contribution is 5.95. The first-order valence-electron chi connectivity index (χ1n) is 5.86. The molecular formula is C14H18O. The van der Waals surface area contributed by atoms with Crippen molar-refractivity contribution in [1.82, 2.24) is 0 Å². The van der Waals surface area contributed by atoms with Gasteiger partial charge in [0.2, 0.25) is 0 Å². The van der Waals surface area contributed by atoms with Gasteiger partial charge in [-0.1, -0.05) is 31.5 Å². The summed E-state index contributed by atoms with van der Waals surface area (Å²) in [5, 5.41) is 0. The summed E-state index contributed by atoms with van der Waals surface area (Å²) in [6.07, 6.45) is 4.92. The van der Waals surface area contributed by atoms with Crippen LogP contribution in [0.3, 0.4) is 0 Å². The van der Waals surface area contributed by atoms with Crippen molar-refractivity contribution in [2.75, 3.05) is 0 Å². The molecule has 0 bridgehead atoms. The van der Waals surface area contributed by atoms with Crippen LogP contribution in [0.4, 0.5) is 0 Å². The summed E-state index contributed by atoms with van der Waals surface area (Å²) in [5.74, 6) is 0.923. The number of hydrogen-bond donors (Lipinski definition) is 0. The lowest BCUT2D eigenvalue weighted by Gasteiger charge is -2.28. The minimum atomic E-state index is 0.202. The molecule has 1 fully saturated rings. The van der Waals surface area contributed by atoms with Crippen molar-refractivity contribution in [3.63, 3.8) is 0 Å². The van der Waals surface area contributed by atoms with Gasteiger partial charge in [0, 0.05) is 5.56 Å². The number of carbonyl (C=O) groups excluding carboxylic acids is 1. The van der Waals surface area contributed by atoms with Crippen molar-refractivity contribution in [2.24, 2.45) is 0 Å². The summed E-state index contributed by atoms with van der Waals surface area (Å²) in [7, 11) is 0. The summed E-state index contributed by atoms with van der Waals surface area (Å²) in [6, 6.07) is 6.20. The third-order valence-electron chi connectivity index (χ3n) is 3.49. The monoisotopic (exact) mass is 202 g/mol. The lowest BCUT2D eigenvalue weighted by atomic mass is 9.76. The molecule has 0 aromatic heterocycles. The summed E-state index contributed by atoms with van der Waals surface area (Å²) >= 11 is 0. The molecule has 1 heteroatoms. The van der Waals surface area contributed by atoms with Gasteiger partial charge in [-0.25, -0.2) is 0 Å². The Morgan fingerprint density at radius 2 is 2.13 bits per heavy atom. The molecule has 0 saturated heterocycles. The van der Waals surface area contributed by atoms with Crippen molar-refractivity contribution in [2.45, 2.75) is 45.4 Å². The Labute approximate surface area is 91.5 Å². The van der Waals surface area contributed by atoms with Crippen LogP contribution in [0.15, 0.2) is 18.2 Å². The summed E-state index contributed by atoms with van der Waals surface area (Å²) in [5.41, 5.74) is 3.65. The van der Waals surface area contributed by atoms with Gasteiger partial charge in [-0.15, -0.1) is 0 Å². The second kappa shape index (κ2) is 4.18. The van der Waals surface area contributed by atoms with E-state index < -0.39 is 0 Å². The maximum atomic E-state index is 11.5. The molecule has 0 heterocycles. The third-order valence-corrected chi connectivity index (χ3v) is 3.49. The average molecular weight is 202 g/mol. The van der Waals surface area contributed by atoms with Crippen molar-refractivity contribution in [3.8, 4) is 0 Å². The maximum absolute atomic E-state index is 11.5. The molecule has 1 aliphatic rings. The van der Waals surface area contributed by atoms with Crippen LogP contribution in [0.25, 0.3) is 0 Å². The quantitative estimate of drug-likeness (QED) is 0.683. The molecule has 80 valence electrons. The van der Waals surface area contributed by atoms with Crippen LogP contribution < -0.4 is 0 Å². The van der Waals surface area contributed by atoms with E-state index in [0.717, 1.165) is 17.9 Å². The van der Waals surface area contributed by atoms with E-state index in [1.165, 1.54) is 30.4 Å². The normalized spacial score (nSPS) is 16.1. The lowest BCUT2D eigenvalue weighted by Crippen LogP contribution is -2.13. The smallest absolute Gasteiger partial charge is 0.160 e. The van der Waals surface area contributed by atoms with Gasteiger partial charge in [0.05, 0.1) is 0 Å². The molecule has 0 unspecified atom stereocenters. The van der Waals surface area contributed by atoms with Gasteiger partial charge < -0.3 is 0 Å². The zero-order chi connectivity index (χ0) is 10.8. The first kappa shape index (κ1) is 10.4. The molecule has 15 heavy (non-hydrogen) atoms. The van der Waals surface area contributed by atoms with Crippen LogP contribution in [0.5, 0.6) is 0 Å². The Morgan fingerprint density at radius 3 is 2.60 bits per heavy atom. The summed E-state index contributed by atoms with van der Waals surface area (Å²) in [6.45, 7) is 3.81. The Bertz CT molecular complexity index is 375. The predicted octanol–water partition coefficient (Wildman–Crippen LogP) is 3.72. The van der Waals surface area contributed by atoms with Crippen molar-refractivity contribution in [1.29, 1.82) is 0 Å². The standard InChI is InChI=1S/C14H18O/c1-3-12-13(10(2)15)8-5-9-14(12)11-6-4-7-11/h5,8-9,11H,3-4,6-7H2,1-2H3. The molecule has 1 aromatic rings. The van der Waals surface area contributed by atoms with Crippen LogP contribution in [0, 0.1) is 0 Å². The average Bonchev–Trinajstić information content (AvgIpc) is 2.14. The van der Waals surface area contributed by atoms with Crippen LogP contribution in [0.1, 0.15) is 60.5 Å². The van der Waals surface area contributed by atoms with Gasteiger partial charge in [0.15, 0.2) is 5.78 Å². The van der Waals surface area contributed by atoms with E-state index in [1.54, 1.807) is 6.92 Å². The van der Waals surface area contributed by atoms with Crippen molar-refractivity contribution < 1.29 is 4.79 Å². The van der Waals surface area contributed by atoms with E-state index >= 15 is 0 Å². The molecule has 0 spiro atoms. The fourth-order valence-electron chi connectivity index (χ4n) is 2.43. The van der Waals surface area contributed by atoms with Crippen molar-refractivity contribution >= 4 is 5.78 Å². The second-order valence-corrected chi connectivity index (χ2v) is 4.41. The molecule has 2 rings (SSSR count). The molecule has 0 atom stereocenters. The number of benzene rings is 1. The summed E-state index contributed by atoms with van der Waals surface area (Å²) in [4.78, 5) is 11.5. The Hall–Kier alpha value is -1.11. The SMILES string of the molecule is CCc1c(C(C)=O)cccc1C1CCC1. The lowest BCUT2D eigenvalue weighted by molar-refractivity contribution is 0.101. The van der Waals surface area contributed by atoms with E-state index in [0.29, 0.717) is 0 Å². The molecule has 0 N–H and O–H groups in total. The highest BCUT2D eigenvalue weighted by Crippen LogP contribution is 2.38. The fourth-order valence-corrected chi connectivity index (χ4v) is 2.43. The minimum absolute atomic E-state index is 0.202. The molecule has 0 aliphatic heterocycles. The molecular weight excluding hydrogens is 184 g/mol. The number of rotatable bonds is 3. The highest BCUT2D eigenvalue weighted by atomic mass is 16.1. The Morgan fingerprint density at radius 1 is 1.40 bits per heavy atom. The highest BCUT2D eigenvalue weighted by Gasteiger charge is 2.23. The Kier molecular flexibility index (Phi) is 2.90. The van der Waals surface area contributed by atoms with Crippen LogP contribution in [-0.2, 0) is 6.42 Å². The topological polar surface area (TPSA) is 17.1 Å². The molecule has 1 saturated carbocycles. The van der Waals surface area contributed by atoms with Crippen molar-refractivity contribution in [3.05, 3.63) is 34.9 Å². The van der Waals surface area contributed by atoms with Crippen LogP contribution in [-0.4, -0.2) is 5.78 Å². The molecule has 0 radical (unpaired) electrons. The van der Waals surface area contributed by atoms with Gasteiger partial charge in [-0.05, 0) is 43.2 Å². The van der Waals surface area contributed by atoms with E-state index in [2.05, 4.69) is 13.0 Å². The third kappa shape index (κ3) is 1.83. The molecule has 0 amide bonds. The minimum Gasteiger partial charge on any atom is -0.295 e. The van der Waals surface area contributed by atoms with E-state index in [9.17, 15) is 4.79 Å². The second-order valence-electron chi connectivity index (χ2n) is 4.41. The van der Waals surface area contributed by atoms with E-state index in [-0.39, 0.29) is 5.78 Å². The molecule has 1 aliphatic carbocycles. The Balaban J connectivity index is 2.44. The van der Waals surface area contributed by atoms with Crippen LogP contribution >= 0.6 is 0 Å². The van der Waals surface area contributed by atoms with Gasteiger partial charge >= 0.3 is 0 Å². The first-order valence-corrected chi connectivity index (χ1v) is 5.86. The zero-order valence-corrected chi connectivity index (χ0v) is 9.55. The summed E-state index contributed by atoms with van der Waals surface area (Å²) < 4.78 is 0. The number of carbonyl (C=O) groups is 1. The van der Waals surface area contributed by atoms with Crippen LogP contribution in [0.2, 0.25) is 0 Å². The molecule has 1 aromatic carbocycles. The van der Waals surface area contributed by atoms with Gasteiger partial charge in [-0.3, -0.25) is 4.79 Å². The van der Waals surface area contributed by atoms with E-state index in [4.69, 9.17) is 0 Å². The van der Waals surface area contributed by atoms with Gasteiger partial charge in [-0.2, -0.15) is 0 Å². The molecule has 1 nitrogen and oxygen atoms in total. The maximum Gasteiger partial charge on any atom is 0.160 e. The number of Topliss-reactive ketones (excluding diaryl/α,β-unsaturated/α-hetero) is 1. The predicted molar refractivity (Wildman–Crippen MR) is 62.4 cm³/mol. The first-order chi connectivity index (χ1) is 7.24. The van der Waals surface area contributed by atoms with Gasteiger partial charge in [0.1, 0.15) is 0 Å². The zero-order valence-electron chi connectivity index (χ0n) is 9.55. The van der Waals surface area contributed by atoms with Gasteiger partial charge in [0.25, 0.3) is 0 Å². The number of hydrogen-bond acceptors (Lipinski definition) is 1.